The van der Waals surface area contributed by atoms with Gasteiger partial charge in [0.25, 0.3) is 0 Å². The standard InChI is InChI=1S/C22H25N/c1-5-14-16(7-3)20-12-13-21-17(8-4)15(6-2)19-11-9-10-18(14)22(19)23(20)21/h9-13H,5-8H2,1-4H3. The topological polar surface area (TPSA) is 4.41 Å². The molecule has 23 heavy (non-hydrogen) atoms. The zero-order valence-corrected chi connectivity index (χ0v) is 14.7. The van der Waals surface area contributed by atoms with E-state index in [4.69, 9.17) is 0 Å². The van der Waals surface area contributed by atoms with E-state index in [2.05, 4.69) is 62.4 Å². The summed E-state index contributed by atoms with van der Waals surface area (Å²) in [6.45, 7) is 9.16. The molecule has 0 spiro atoms. The van der Waals surface area contributed by atoms with Crippen LogP contribution in [0.2, 0.25) is 0 Å². The van der Waals surface area contributed by atoms with Crippen molar-refractivity contribution >= 4 is 27.3 Å². The van der Waals surface area contributed by atoms with E-state index >= 15 is 0 Å². The number of rotatable bonds is 4. The number of benzene rings is 1. The van der Waals surface area contributed by atoms with Crippen LogP contribution < -0.4 is 0 Å². The molecule has 1 nitrogen and oxygen atoms in total. The first-order valence-corrected chi connectivity index (χ1v) is 9.07. The van der Waals surface area contributed by atoms with Gasteiger partial charge in [-0.1, -0.05) is 45.9 Å². The Morgan fingerprint density at radius 2 is 1.04 bits per heavy atom. The van der Waals surface area contributed by atoms with Crippen LogP contribution in [-0.2, 0) is 25.7 Å². The van der Waals surface area contributed by atoms with Gasteiger partial charge < -0.3 is 4.40 Å². The first-order chi connectivity index (χ1) is 11.3. The highest BCUT2D eigenvalue weighted by Crippen LogP contribution is 2.38. The van der Waals surface area contributed by atoms with E-state index < -0.39 is 0 Å². The molecular weight excluding hydrogens is 278 g/mol. The van der Waals surface area contributed by atoms with Crippen LogP contribution in [0.1, 0.15) is 49.9 Å². The SMILES string of the molecule is CCc1c(CC)c2ccc3c(CC)c(CC)c4cccc1c4n23. The Morgan fingerprint density at radius 1 is 0.609 bits per heavy atom. The average molecular weight is 303 g/mol. The lowest BCUT2D eigenvalue weighted by molar-refractivity contribution is 1.03. The number of aryl methyl sites for hydroxylation is 4. The van der Waals surface area contributed by atoms with Gasteiger partial charge in [0.05, 0.1) is 5.52 Å². The first-order valence-electron chi connectivity index (χ1n) is 9.07. The quantitative estimate of drug-likeness (QED) is 0.440. The van der Waals surface area contributed by atoms with E-state index in [1.54, 1.807) is 0 Å². The number of nitrogens with zero attached hydrogens (tertiary/aromatic N) is 1. The van der Waals surface area contributed by atoms with Gasteiger partial charge in [0, 0.05) is 21.8 Å². The smallest absolute Gasteiger partial charge is 0.0612 e. The van der Waals surface area contributed by atoms with Crippen LogP contribution in [0, 0.1) is 0 Å². The Morgan fingerprint density at radius 3 is 1.43 bits per heavy atom. The molecule has 0 amide bonds. The minimum absolute atomic E-state index is 1.10. The van der Waals surface area contributed by atoms with Crippen LogP contribution >= 0.6 is 0 Å². The van der Waals surface area contributed by atoms with Crippen molar-refractivity contribution < 1.29 is 0 Å². The second kappa shape index (κ2) is 5.26. The summed E-state index contributed by atoms with van der Waals surface area (Å²) in [5.74, 6) is 0. The fourth-order valence-electron chi connectivity index (χ4n) is 4.65. The molecule has 0 radical (unpaired) electrons. The van der Waals surface area contributed by atoms with Crippen molar-refractivity contribution in [3.8, 4) is 0 Å². The molecule has 118 valence electrons. The van der Waals surface area contributed by atoms with Gasteiger partial charge in [-0.15, -0.1) is 0 Å². The molecule has 3 aromatic heterocycles. The maximum atomic E-state index is 2.54. The van der Waals surface area contributed by atoms with E-state index in [0.29, 0.717) is 0 Å². The Bertz CT molecular complexity index is 927. The molecule has 0 saturated carbocycles. The molecular formula is C22H25N. The number of para-hydroxylation sites is 1. The molecule has 0 aliphatic carbocycles. The van der Waals surface area contributed by atoms with Crippen molar-refractivity contribution in [3.63, 3.8) is 0 Å². The monoisotopic (exact) mass is 303 g/mol. The van der Waals surface area contributed by atoms with Gasteiger partial charge in [0.2, 0.25) is 0 Å². The van der Waals surface area contributed by atoms with Crippen LogP contribution in [0.25, 0.3) is 27.3 Å². The molecule has 4 rings (SSSR count). The van der Waals surface area contributed by atoms with Crippen LogP contribution in [-0.4, -0.2) is 4.40 Å². The van der Waals surface area contributed by atoms with E-state index in [1.165, 1.54) is 49.6 Å². The second-order valence-corrected chi connectivity index (χ2v) is 6.47. The molecule has 0 fully saturated rings. The van der Waals surface area contributed by atoms with Gasteiger partial charge in [-0.25, -0.2) is 0 Å². The van der Waals surface area contributed by atoms with Crippen molar-refractivity contribution in [2.45, 2.75) is 53.4 Å². The summed E-state index contributed by atoms with van der Waals surface area (Å²) < 4.78 is 2.54. The molecule has 0 bridgehead atoms. The molecule has 0 unspecified atom stereocenters. The van der Waals surface area contributed by atoms with E-state index in [9.17, 15) is 0 Å². The maximum Gasteiger partial charge on any atom is 0.0612 e. The highest BCUT2D eigenvalue weighted by Gasteiger charge is 2.20. The molecule has 0 aliphatic heterocycles. The molecule has 0 saturated heterocycles. The van der Waals surface area contributed by atoms with Gasteiger partial charge in [-0.05, 0) is 60.1 Å². The minimum atomic E-state index is 1.10. The van der Waals surface area contributed by atoms with Crippen molar-refractivity contribution in [1.29, 1.82) is 0 Å². The highest BCUT2D eigenvalue weighted by molar-refractivity contribution is 6.05. The molecule has 0 aliphatic rings. The third kappa shape index (κ3) is 1.74. The van der Waals surface area contributed by atoms with Crippen molar-refractivity contribution in [2.75, 3.05) is 0 Å². The molecule has 1 heteroatoms. The fourth-order valence-corrected chi connectivity index (χ4v) is 4.65. The fraction of sp³-hybridized carbons (Fsp3) is 0.364. The summed E-state index contributed by atoms with van der Waals surface area (Å²) >= 11 is 0. The van der Waals surface area contributed by atoms with E-state index in [-0.39, 0.29) is 0 Å². The lowest BCUT2D eigenvalue weighted by atomic mass is 9.92. The summed E-state index contributed by atoms with van der Waals surface area (Å²) in [5.41, 5.74) is 10.4. The molecule has 4 aromatic rings. The van der Waals surface area contributed by atoms with Crippen molar-refractivity contribution in [1.82, 2.24) is 4.40 Å². The Labute approximate surface area is 138 Å². The number of hydrogen-bond donors (Lipinski definition) is 0. The molecule has 3 heterocycles. The van der Waals surface area contributed by atoms with Gasteiger partial charge in [0.1, 0.15) is 0 Å². The first kappa shape index (κ1) is 14.6. The summed E-state index contributed by atoms with van der Waals surface area (Å²) in [6.07, 6.45) is 4.40. The Hall–Kier alpha value is -2.02. The van der Waals surface area contributed by atoms with Crippen LogP contribution in [0.15, 0.2) is 30.3 Å². The van der Waals surface area contributed by atoms with Gasteiger partial charge in [-0.2, -0.15) is 0 Å². The van der Waals surface area contributed by atoms with Gasteiger partial charge >= 0.3 is 0 Å². The number of hydrogen-bond acceptors (Lipinski definition) is 0. The lowest BCUT2D eigenvalue weighted by Gasteiger charge is -2.21. The van der Waals surface area contributed by atoms with Crippen LogP contribution in [0.5, 0.6) is 0 Å². The third-order valence-corrected chi connectivity index (χ3v) is 5.55. The molecule has 0 N–H and O–H groups in total. The van der Waals surface area contributed by atoms with E-state index in [1.807, 2.05) is 0 Å². The van der Waals surface area contributed by atoms with Crippen molar-refractivity contribution in [3.05, 3.63) is 52.6 Å². The molecule has 1 aromatic carbocycles. The maximum absolute atomic E-state index is 2.54. The zero-order chi connectivity index (χ0) is 16.1. The predicted molar refractivity (Wildman–Crippen MR) is 101 cm³/mol. The largest absolute Gasteiger partial charge is 0.309 e. The predicted octanol–water partition coefficient (Wildman–Crippen LogP) is 5.93. The summed E-state index contributed by atoms with van der Waals surface area (Å²) in [4.78, 5) is 0. The van der Waals surface area contributed by atoms with Crippen LogP contribution in [0.3, 0.4) is 0 Å². The second-order valence-electron chi connectivity index (χ2n) is 6.47. The number of pyridine rings is 2. The van der Waals surface area contributed by atoms with Crippen LogP contribution in [0.4, 0.5) is 0 Å². The summed E-state index contributed by atoms with van der Waals surface area (Å²) in [5, 5.41) is 2.90. The number of aromatic nitrogens is 1. The van der Waals surface area contributed by atoms with Crippen molar-refractivity contribution in [2.24, 2.45) is 0 Å². The van der Waals surface area contributed by atoms with E-state index in [0.717, 1.165) is 25.7 Å². The average Bonchev–Trinajstić information content (AvgIpc) is 3.03. The summed E-state index contributed by atoms with van der Waals surface area (Å²) in [7, 11) is 0. The highest BCUT2D eigenvalue weighted by atomic mass is 14.9. The normalized spacial score (nSPS) is 12.2. The van der Waals surface area contributed by atoms with Gasteiger partial charge in [0.15, 0.2) is 0 Å². The third-order valence-electron chi connectivity index (χ3n) is 5.55. The zero-order valence-electron chi connectivity index (χ0n) is 14.7. The van der Waals surface area contributed by atoms with Gasteiger partial charge in [-0.3, -0.25) is 0 Å². The molecule has 0 atom stereocenters. The summed E-state index contributed by atoms with van der Waals surface area (Å²) in [6, 6.07) is 11.6. The Balaban J connectivity index is 2.39. The Kier molecular flexibility index (Phi) is 3.33. The minimum Gasteiger partial charge on any atom is -0.309 e. The lowest BCUT2D eigenvalue weighted by Crippen LogP contribution is -2.05.